The van der Waals surface area contributed by atoms with Gasteiger partial charge in [-0.25, -0.2) is 15.2 Å². The quantitative estimate of drug-likeness (QED) is 0.426. The molecule has 0 spiro atoms. The van der Waals surface area contributed by atoms with Gasteiger partial charge in [0.25, 0.3) is 17.7 Å². The summed E-state index contributed by atoms with van der Waals surface area (Å²) in [6, 6.07) is 0. The highest BCUT2D eigenvalue weighted by Gasteiger charge is 2.31. The summed E-state index contributed by atoms with van der Waals surface area (Å²) < 4.78 is 10.2. The SMILES string of the molecule is CC(C)(C)OC(=O)CN(NC(=O)OC(C)(C)C)C(=O)CN1C(=O)C=CC1=O. The summed E-state index contributed by atoms with van der Waals surface area (Å²) in [4.78, 5) is 60.4. The number of hydrogen-bond donors (Lipinski definition) is 1. The fourth-order valence-electron chi connectivity index (χ4n) is 1.91. The topological polar surface area (TPSA) is 122 Å². The van der Waals surface area contributed by atoms with Crippen LogP contribution in [0.3, 0.4) is 0 Å². The van der Waals surface area contributed by atoms with Crippen molar-refractivity contribution in [1.82, 2.24) is 15.3 Å². The highest BCUT2D eigenvalue weighted by molar-refractivity contribution is 6.14. The fraction of sp³-hybridized carbons (Fsp3) is 0.588. The zero-order chi connectivity index (χ0) is 21.0. The molecule has 0 saturated carbocycles. The third kappa shape index (κ3) is 7.89. The number of hydrazine groups is 1. The number of nitrogens with zero attached hydrogens (tertiary/aromatic N) is 2. The van der Waals surface area contributed by atoms with Crippen molar-refractivity contribution in [3.8, 4) is 0 Å². The van der Waals surface area contributed by atoms with Crippen LogP contribution in [0, 0.1) is 0 Å². The fourth-order valence-corrected chi connectivity index (χ4v) is 1.91. The van der Waals surface area contributed by atoms with Gasteiger partial charge in [-0.3, -0.25) is 24.1 Å². The summed E-state index contributed by atoms with van der Waals surface area (Å²) in [6.45, 7) is 8.53. The highest BCUT2D eigenvalue weighted by Crippen LogP contribution is 2.10. The number of ether oxygens (including phenoxy) is 2. The Kier molecular flexibility index (Phi) is 6.71. The lowest BCUT2D eigenvalue weighted by Crippen LogP contribution is -2.54. The zero-order valence-electron chi connectivity index (χ0n) is 16.3. The minimum absolute atomic E-state index is 0.626. The molecule has 1 N–H and O–H groups in total. The van der Waals surface area contributed by atoms with Crippen molar-refractivity contribution >= 4 is 29.8 Å². The maximum absolute atomic E-state index is 12.5. The first-order valence-electron chi connectivity index (χ1n) is 8.23. The molecule has 4 amide bonds. The van der Waals surface area contributed by atoms with Gasteiger partial charge >= 0.3 is 12.1 Å². The molecule has 0 aliphatic carbocycles. The first kappa shape index (κ1) is 22.1. The van der Waals surface area contributed by atoms with Crippen LogP contribution in [0.25, 0.3) is 0 Å². The van der Waals surface area contributed by atoms with Gasteiger partial charge in [0, 0.05) is 12.2 Å². The smallest absolute Gasteiger partial charge is 0.426 e. The van der Waals surface area contributed by atoms with Crippen LogP contribution >= 0.6 is 0 Å². The maximum Gasteiger partial charge on any atom is 0.426 e. The molecule has 150 valence electrons. The average Bonchev–Trinajstić information content (AvgIpc) is 2.74. The molecule has 1 heterocycles. The van der Waals surface area contributed by atoms with E-state index in [9.17, 15) is 24.0 Å². The lowest BCUT2D eigenvalue weighted by atomic mass is 10.2. The molecule has 0 fully saturated rings. The monoisotopic (exact) mass is 383 g/mol. The Hall–Kier alpha value is -2.91. The van der Waals surface area contributed by atoms with E-state index in [1.807, 2.05) is 0 Å². The second-order valence-corrected chi connectivity index (χ2v) is 7.78. The Morgan fingerprint density at radius 2 is 1.44 bits per heavy atom. The number of amides is 4. The lowest BCUT2D eigenvalue weighted by Gasteiger charge is -2.28. The molecule has 27 heavy (non-hydrogen) atoms. The Labute approximate surface area is 157 Å². The van der Waals surface area contributed by atoms with E-state index in [0.29, 0.717) is 9.91 Å². The minimum atomic E-state index is -0.975. The van der Waals surface area contributed by atoms with Gasteiger partial charge in [-0.05, 0) is 41.5 Å². The van der Waals surface area contributed by atoms with E-state index < -0.39 is 54.1 Å². The number of imide groups is 1. The van der Waals surface area contributed by atoms with Crippen molar-refractivity contribution in [3.05, 3.63) is 12.2 Å². The van der Waals surface area contributed by atoms with Gasteiger partial charge in [0.05, 0.1) is 0 Å². The van der Waals surface area contributed by atoms with E-state index in [1.54, 1.807) is 41.5 Å². The number of esters is 1. The average molecular weight is 383 g/mol. The molecule has 0 aromatic carbocycles. The second kappa shape index (κ2) is 8.19. The first-order valence-corrected chi connectivity index (χ1v) is 8.23. The number of hydrogen-bond acceptors (Lipinski definition) is 7. The van der Waals surface area contributed by atoms with Crippen molar-refractivity contribution in [1.29, 1.82) is 0 Å². The molecule has 10 heteroatoms. The molecule has 0 aromatic heterocycles. The van der Waals surface area contributed by atoms with Gasteiger partial charge < -0.3 is 9.47 Å². The van der Waals surface area contributed by atoms with Crippen molar-refractivity contribution < 1.29 is 33.4 Å². The molecule has 0 radical (unpaired) electrons. The first-order chi connectivity index (χ1) is 12.2. The van der Waals surface area contributed by atoms with Crippen molar-refractivity contribution in [2.24, 2.45) is 0 Å². The summed E-state index contributed by atoms with van der Waals surface area (Å²) in [5.74, 6) is -2.98. The summed E-state index contributed by atoms with van der Waals surface area (Å²) in [6.07, 6.45) is 1.07. The summed E-state index contributed by atoms with van der Waals surface area (Å²) in [5.41, 5.74) is 0.505. The van der Waals surface area contributed by atoms with Crippen LogP contribution in [0.1, 0.15) is 41.5 Å². The third-order valence-corrected chi connectivity index (χ3v) is 2.83. The van der Waals surface area contributed by atoms with Crippen molar-refractivity contribution in [2.75, 3.05) is 13.1 Å². The maximum atomic E-state index is 12.5. The van der Waals surface area contributed by atoms with Crippen LogP contribution in [0.15, 0.2) is 12.2 Å². The number of carbonyl (C=O) groups is 5. The van der Waals surface area contributed by atoms with E-state index in [2.05, 4.69) is 5.43 Å². The van der Waals surface area contributed by atoms with Crippen molar-refractivity contribution in [2.45, 2.75) is 52.7 Å². The number of rotatable bonds is 4. The molecular formula is C17H25N3O7. The van der Waals surface area contributed by atoms with E-state index in [-0.39, 0.29) is 0 Å². The van der Waals surface area contributed by atoms with Gasteiger partial charge in [-0.1, -0.05) is 0 Å². The van der Waals surface area contributed by atoms with Crippen molar-refractivity contribution in [3.63, 3.8) is 0 Å². The van der Waals surface area contributed by atoms with Gasteiger partial charge in [-0.15, -0.1) is 0 Å². The van der Waals surface area contributed by atoms with Crippen LogP contribution in [-0.2, 0) is 28.7 Å². The zero-order valence-corrected chi connectivity index (χ0v) is 16.3. The summed E-state index contributed by atoms with van der Waals surface area (Å²) in [5, 5.41) is 0.654. The molecule has 0 unspecified atom stereocenters. The molecule has 0 bridgehead atoms. The highest BCUT2D eigenvalue weighted by atomic mass is 16.6. The summed E-state index contributed by atoms with van der Waals surface area (Å²) in [7, 11) is 0. The Bertz CT molecular complexity index is 623. The third-order valence-electron chi connectivity index (χ3n) is 2.83. The van der Waals surface area contributed by atoms with Gasteiger partial charge in [0.2, 0.25) is 0 Å². The second-order valence-electron chi connectivity index (χ2n) is 7.78. The van der Waals surface area contributed by atoms with Crippen LogP contribution in [0.2, 0.25) is 0 Å². The molecule has 1 rings (SSSR count). The predicted molar refractivity (Wildman–Crippen MR) is 92.8 cm³/mol. The molecule has 0 saturated heterocycles. The van der Waals surface area contributed by atoms with E-state index in [0.717, 1.165) is 12.2 Å². The number of nitrogens with one attached hydrogen (secondary N) is 1. The van der Waals surface area contributed by atoms with E-state index in [1.165, 1.54) is 0 Å². The Morgan fingerprint density at radius 1 is 0.963 bits per heavy atom. The van der Waals surface area contributed by atoms with Crippen LogP contribution in [0.4, 0.5) is 4.79 Å². The van der Waals surface area contributed by atoms with Gasteiger partial charge in [0.1, 0.15) is 24.3 Å². The predicted octanol–water partition coefficient (Wildman–Crippen LogP) is 0.521. The minimum Gasteiger partial charge on any atom is -0.459 e. The van der Waals surface area contributed by atoms with Crippen LogP contribution in [0.5, 0.6) is 0 Å². The molecule has 1 aliphatic heterocycles. The molecule has 0 aromatic rings. The Morgan fingerprint density at radius 3 is 1.89 bits per heavy atom. The van der Waals surface area contributed by atoms with Crippen LogP contribution < -0.4 is 5.43 Å². The molecule has 0 atom stereocenters. The standard InChI is InChI=1S/C17H25N3O7/c1-16(2,3)26-14(24)10-20(18-15(25)27-17(4,5)6)13(23)9-19-11(21)7-8-12(19)22/h7-8H,9-10H2,1-6H3,(H,18,25). The molecule has 10 nitrogen and oxygen atoms in total. The normalized spacial score (nSPS) is 14.2. The largest absolute Gasteiger partial charge is 0.459 e. The number of carbonyl (C=O) groups excluding carboxylic acids is 5. The van der Waals surface area contributed by atoms with E-state index in [4.69, 9.17) is 9.47 Å². The van der Waals surface area contributed by atoms with Gasteiger partial charge in [0.15, 0.2) is 0 Å². The van der Waals surface area contributed by atoms with Gasteiger partial charge in [-0.2, -0.15) is 0 Å². The molecular weight excluding hydrogens is 358 g/mol. The van der Waals surface area contributed by atoms with E-state index >= 15 is 0 Å². The Balaban J connectivity index is 2.87. The van der Waals surface area contributed by atoms with Crippen LogP contribution in [-0.4, -0.2) is 64.0 Å². The summed E-state index contributed by atoms with van der Waals surface area (Å²) >= 11 is 0. The molecule has 1 aliphatic rings. The lowest BCUT2D eigenvalue weighted by molar-refractivity contribution is -0.160.